The summed E-state index contributed by atoms with van der Waals surface area (Å²) >= 11 is 0. The van der Waals surface area contributed by atoms with Gasteiger partial charge in [0.1, 0.15) is 23.9 Å². The maximum atomic E-state index is 14.1. The van der Waals surface area contributed by atoms with Crippen LogP contribution in [0, 0.1) is 11.8 Å². The fraction of sp³-hybridized carbons (Fsp3) is 0.519. The number of amidine groups is 1. The van der Waals surface area contributed by atoms with Crippen LogP contribution in [-0.4, -0.2) is 131 Å². The number of carboxylic acid groups (broad SMARTS) is 1. The van der Waals surface area contributed by atoms with Gasteiger partial charge in [-0.25, -0.2) is 19.1 Å². The number of aromatic amines is 1. The number of amides is 4. The van der Waals surface area contributed by atoms with E-state index < -0.39 is 36.4 Å². The predicted molar refractivity (Wildman–Crippen MR) is 264 cm³/mol. The summed E-state index contributed by atoms with van der Waals surface area (Å²) in [7, 11) is 4.55. The summed E-state index contributed by atoms with van der Waals surface area (Å²) in [5, 5.41) is 14.7. The van der Waals surface area contributed by atoms with Gasteiger partial charge in [0, 0.05) is 45.8 Å². The Morgan fingerprint density at radius 3 is 1.91 bits per heavy atom. The number of imidazole rings is 1. The molecule has 17 heteroatoms. The number of nitrogens with zero attached hydrogens (tertiary/aromatic N) is 6. The molecule has 0 radical (unpaired) electrons. The fourth-order valence-electron chi connectivity index (χ4n) is 10.6. The second-order valence-electron chi connectivity index (χ2n) is 20.6. The van der Waals surface area contributed by atoms with Crippen molar-refractivity contribution in [2.24, 2.45) is 16.8 Å². The van der Waals surface area contributed by atoms with Crippen molar-refractivity contribution < 1.29 is 43.1 Å². The van der Waals surface area contributed by atoms with E-state index in [2.05, 4.69) is 103 Å². The molecule has 4 amide bonds. The lowest BCUT2D eigenvalue weighted by Crippen LogP contribution is -2.54. The van der Waals surface area contributed by atoms with Gasteiger partial charge in [0.25, 0.3) is 0 Å². The van der Waals surface area contributed by atoms with E-state index in [1.165, 1.54) is 12.7 Å². The summed E-state index contributed by atoms with van der Waals surface area (Å²) in [5.74, 6) is 0.275. The van der Waals surface area contributed by atoms with E-state index >= 15 is 0 Å². The van der Waals surface area contributed by atoms with E-state index in [-0.39, 0.29) is 53.4 Å². The van der Waals surface area contributed by atoms with Crippen LogP contribution in [0.25, 0.3) is 11.0 Å². The molecule has 3 fully saturated rings. The molecule has 5 heterocycles. The highest BCUT2D eigenvalue weighted by atomic mass is 16.5. The van der Waals surface area contributed by atoms with Crippen molar-refractivity contribution in [3.05, 3.63) is 83.2 Å². The van der Waals surface area contributed by atoms with Gasteiger partial charge in [-0.15, -0.1) is 0 Å². The monoisotopic (exact) mass is 947 g/mol. The minimum Gasteiger partial charge on any atom is -0.465 e. The van der Waals surface area contributed by atoms with Gasteiger partial charge in [0.05, 0.1) is 55.2 Å². The number of fused-ring (bicyclic) bond motifs is 2. The smallest absolute Gasteiger partial charge is 0.407 e. The SMILES string of the molecule is C=[N+]1C(C2CC(OC)CN2C(=O)C(NC(=O)O)C(C)C)=Nc2cc(C3CCC(c4ccc5nc(C6CC(OC)CN6C(=O)C(NC(=O)OC)C(C)C)[nH]c5c4)N3c3ccc(C(C)(C)C)cc3)ccc21. The first-order valence-corrected chi connectivity index (χ1v) is 24.0. The molecule has 8 unspecified atom stereocenters. The number of rotatable bonds is 13. The van der Waals surface area contributed by atoms with Gasteiger partial charge in [0.2, 0.25) is 17.5 Å². The van der Waals surface area contributed by atoms with Crippen LogP contribution in [-0.2, 0) is 29.2 Å². The van der Waals surface area contributed by atoms with E-state index in [1.54, 1.807) is 28.6 Å². The molecule has 8 rings (SSSR count). The number of hydrogen-bond donors (Lipinski definition) is 4. The number of benzene rings is 3. The normalized spacial score (nSPS) is 23.4. The molecule has 0 bridgehead atoms. The van der Waals surface area contributed by atoms with Crippen molar-refractivity contribution in [2.45, 2.75) is 128 Å². The first-order valence-electron chi connectivity index (χ1n) is 24.0. The highest BCUT2D eigenvalue weighted by molar-refractivity contribution is 5.96. The number of alkyl carbamates (subject to hydrolysis) is 1. The zero-order valence-corrected chi connectivity index (χ0v) is 41.5. The van der Waals surface area contributed by atoms with Crippen molar-refractivity contribution in [1.29, 1.82) is 0 Å². The van der Waals surface area contributed by atoms with E-state index in [0.717, 1.165) is 52.1 Å². The average Bonchev–Trinajstić information content (AvgIpc) is 4.17. The van der Waals surface area contributed by atoms with Gasteiger partial charge in [-0.05, 0) is 88.2 Å². The number of hydrogen-bond acceptors (Lipinski definition) is 10. The van der Waals surface area contributed by atoms with Crippen molar-refractivity contribution in [3.8, 4) is 0 Å². The Labute approximate surface area is 404 Å². The number of carbonyl (C=O) groups is 4. The molecular formula is C52H68N9O8+. The Kier molecular flexibility index (Phi) is 13.9. The van der Waals surface area contributed by atoms with Crippen LogP contribution in [0.2, 0.25) is 0 Å². The van der Waals surface area contributed by atoms with Gasteiger partial charge < -0.3 is 49.6 Å². The second kappa shape index (κ2) is 19.6. The maximum Gasteiger partial charge on any atom is 0.407 e. The van der Waals surface area contributed by atoms with Crippen LogP contribution in [0.15, 0.2) is 65.7 Å². The lowest BCUT2D eigenvalue weighted by Gasteiger charge is -2.34. The standard InChI is InChI=1S/C52H67N9O8/c1-28(2)44(56-50(64)65)48(62)60-27-35(68-10)25-43(60)47-55-38-23-31(13-19-41(38)58(47)8)40-21-20-39(61(40)33-16-14-32(15-17-33)52(5,6)7)30-12-18-36-37(22-30)54-46(53-36)42-24-34(67-9)26-59(42)49(63)45(29(3)4)57-51(66)69-11/h12-19,22-23,28-29,34-35,39-40,42-45,56H,8,20-21,24-27H2,1-7,9-11H3,(H2-,53,54,57,64,65,66)/p+1. The molecule has 8 atom stereocenters. The number of methoxy groups -OCH3 is 3. The van der Waals surface area contributed by atoms with Crippen LogP contribution in [0.3, 0.4) is 0 Å². The number of ether oxygens (including phenoxy) is 3. The molecule has 0 aliphatic carbocycles. The summed E-state index contributed by atoms with van der Waals surface area (Å²) in [6, 6.07) is 19.0. The lowest BCUT2D eigenvalue weighted by molar-refractivity contribution is -0.295. The molecule has 3 aromatic carbocycles. The largest absolute Gasteiger partial charge is 0.465 e. The van der Waals surface area contributed by atoms with Crippen LogP contribution in [0.5, 0.6) is 0 Å². The number of carbonyl (C=O) groups excluding carboxylic acids is 3. The molecular weight excluding hydrogens is 879 g/mol. The number of nitrogens with one attached hydrogen (secondary N) is 3. The number of likely N-dealkylation sites (tertiary alicyclic amines) is 2. The molecule has 4 aliphatic rings. The van der Waals surface area contributed by atoms with Gasteiger partial charge in [-0.1, -0.05) is 72.7 Å². The van der Waals surface area contributed by atoms with Gasteiger partial charge in [0.15, 0.2) is 5.69 Å². The summed E-state index contributed by atoms with van der Waals surface area (Å²) in [6.45, 7) is 19.1. The highest BCUT2D eigenvalue weighted by Gasteiger charge is 2.49. The molecule has 4 aromatic rings. The summed E-state index contributed by atoms with van der Waals surface area (Å²) in [5.41, 5.74) is 7.75. The van der Waals surface area contributed by atoms with Crippen LogP contribution >= 0.6 is 0 Å². The molecule has 0 spiro atoms. The minimum atomic E-state index is -1.25. The minimum absolute atomic E-state index is 0.000676. The average molecular weight is 947 g/mol. The van der Waals surface area contributed by atoms with Gasteiger partial charge >= 0.3 is 18.0 Å². The van der Waals surface area contributed by atoms with Crippen LogP contribution in [0.1, 0.15) is 115 Å². The second-order valence-corrected chi connectivity index (χ2v) is 20.6. The molecule has 17 nitrogen and oxygen atoms in total. The molecule has 3 saturated heterocycles. The molecule has 368 valence electrons. The topological polar surface area (TPSA) is 194 Å². The Hall–Kier alpha value is -6.33. The lowest BCUT2D eigenvalue weighted by atomic mass is 9.87. The molecule has 4 N–H and O–H groups in total. The molecule has 1 aromatic heterocycles. The maximum absolute atomic E-state index is 14.1. The molecule has 4 aliphatic heterocycles. The predicted octanol–water partition coefficient (Wildman–Crippen LogP) is 7.91. The van der Waals surface area contributed by atoms with Crippen LogP contribution in [0.4, 0.5) is 26.7 Å². The molecule has 69 heavy (non-hydrogen) atoms. The zero-order chi connectivity index (χ0) is 49.6. The molecule has 0 saturated carbocycles. The van der Waals surface area contributed by atoms with E-state index in [4.69, 9.17) is 24.2 Å². The van der Waals surface area contributed by atoms with E-state index in [9.17, 15) is 24.3 Å². The summed E-state index contributed by atoms with van der Waals surface area (Å²) < 4.78 is 18.2. The van der Waals surface area contributed by atoms with E-state index in [0.29, 0.717) is 37.6 Å². The third-order valence-corrected chi connectivity index (χ3v) is 14.5. The van der Waals surface area contributed by atoms with Gasteiger partial charge in [-0.3, -0.25) is 9.59 Å². The highest BCUT2D eigenvalue weighted by Crippen LogP contribution is 2.49. The first kappa shape index (κ1) is 49.1. The number of anilines is 1. The Morgan fingerprint density at radius 1 is 0.783 bits per heavy atom. The number of aliphatic imine (C=N–C) groups is 1. The van der Waals surface area contributed by atoms with Crippen molar-refractivity contribution in [1.82, 2.24) is 30.4 Å². The fourth-order valence-corrected chi connectivity index (χ4v) is 10.6. The van der Waals surface area contributed by atoms with Crippen LogP contribution < -0.4 is 15.5 Å². The third kappa shape index (κ3) is 9.67. The number of H-pyrrole nitrogens is 1. The zero-order valence-electron chi connectivity index (χ0n) is 41.5. The Bertz CT molecular complexity index is 2640. The van der Waals surface area contributed by atoms with Gasteiger partial charge in [-0.2, -0.15) is 0 Å². The Balaban J connectivity index is 1.11. The van der Waals surface area contributed by atoms with Crippen molar-refractivity contribution in [2.75, 3.05) is 39.3 Å². The van der Waals surface area contributed by atoms with Crippen molar-refractivity contribution >= 4 is 64.6 Å². The van der Waals surface area contributed by atoms with E-state index in [1.807, 2.05) is 33.8 Å². The summed E-state index contributed by atoms with van der Waals surface area (Å²) in [6.07, 6.45) is 0.406. The Morgan fingerprint density at radius 2 is 1.35 bits per heavy atom. The first-order chi connectivity index (χ1) is 32.8. The quantitative estimate of drug-likeness (QED) is 0.0958. The van der Waals surface area contributed by atoms with Crippen molar-refractivity contribution in [3.63, 3.8) is 0 Å². The third-order valence-electron chi connectivity index (χ3n) is 14.5. The number of aromatic nitrogens is 2. The summed E-state index contributed by atoms with van der Waals surface area (Å²) in [4.78, 5) is 71.9.